The largest absolute Gasteiger partial charge is 0.487 e. The van der Waals surface area contributed by atoms with Gasteiger partial charge in [-0.15, -0.1) is 11.3 Å². The Kier molecular flexibility index (Phi) is 6.44. The number of nitrogens with two attached hydrogens (primary N) is 1. The van der Waals surface area contributed by atoms with Crippen LogP contribution in [0.5, 0.6) is 5.75 Å². The Morgan fingerprint density at radius 3 is 2.74 bits per heavy atom. The molecule has 0 bridgehead atoms. The number of nitrogens with zero attached hydrogens (tertiary/aromatic N) is 3. The van der Waals surface area contributed by atoms with Crippen molar-refractivity contribution in [3.8, 4) is 17.6 Å². The molecule has 3 N–H and O–H groups in total. The predicted octanol–water partition coefficient (Wildman–Crippen LogP) is 6.18. The highest BCUT2D eigenvalue weighted by molar-refractivity contribution is 7.19. The second-order valence-corrected chi connectivity index (χ2v) is 8.90. The van der Waals surface area contributed by atoms with Crippen molar-refractivity contribution in [1.29, 1.82) is 0 Å². The van der Waals surface area contributed by atoms with E-state index in [1.54, 1.807) is 36.5 Å². The summed E-state index contributed by atoms with van der Waals surface area (Å²) in [6, 6.07) is 17.1. The normalized spacial score (nSPS) is 10.6. The summed E-state index contributed by atoms with van der Waals surface area (Å²) in [4.78, 5) is 14.4. The average Bonchev–Trinajstić information content (AvgIpc) is 3.28. The van der Waals surface area contributed by atoms with Crippen LogP contribution in [-0.4, -0.2) is 15.0 Å². The highest BCUT2D eigenvalue weighted by atomic mass is 35.5. The number of nitrogens with one attached hydrogen (secondary N) is 1. The van der Waals surface area contributed by atoms with E-state index in [2.05, 4.69) is 32.1 Å². The molecule has 5 rings (SSSR count). The summed E-state index contributed by atoms with van der Waals surface area (Å²) in [5, 5.41) is 4.55. The van der Waals surface area contributed by atoms with Crippen LogP contribution in [0, 0.1) is 17.7 Å². The van der Waals surface area contributed by atoms with Crippen molar-refractivity contribution in [3.63, 3.8) is 0 Å². The molecule has 0 radical (unpaired) electrons. The molecule has 0 aliphatic heterocycles. The van der Waals surface area contributed by atoms with E-state index in [9.17, 15) is 4.39 Å². The Balaban J connectivity index is 1.33. The van der Waals surface area contributed by atoms with Gasteiger partial charge in [-0.05, 0) is 54.1 Å². The lowest BCUT2D eigenvalue weighted by Crippen LogP contribution is -1.98. The minimum Gasteiger partial charge on any atom is -0.487 e. The van der Waals surface area contributed by atoms with E-state index in [0.29, 0.717) is 22.4 Å². The fourth-order valence-corrected chi connectivity index (χ4v) is 4.34. The Hall–Kier alpha value is -4.19. The summed E-state index contributed by atoms with van der Waals surface area (Å²) in [6.07, 6.45) is 3.14. The molecule has 3 aromatic heterocycles. The molecule has 0 spiro atoms. The van der Waals surface area contributed by atoms with Crippen LogP contribution in [-0.2, 0) is 6.61 Å². The Morgan fingerprint density at radius 1 is 1.03 bits per heavy atom. The van der Waals surface area contributed by atoms with Crippen LogP contribution in [0.2, 0.25) is 5.02 Å². The van der Waals surface area contributed by atoms with Gasteiger partial charge in [0, 0.05) is 17.4 Å². The van der Waals surface area contributed by atoms with Gasteiger partial charge in [0.25, 0.3) is 0 Å². The van der Waals surface area contributed by atoms with E-state index in [0.717, 1.165) is 31.9 Å². The fourth-order valence-electron chi connectivity index (χ4n) is 3.25. The lowest BCUT2D eigenvalue weighted by atomic mass is 10.2. The molecule has 0 aliphatic rings. The van der Waals surface area contributed by atoms with Crippen molar-refractivity contribution in [2.45, 2.75) is 6.61 Å². The first-order valence-corrected chi connectivity index (χ1v) is 11.6. The molecule has 35 heavy (non-hydrogen) atoms. The lowest BCUT2D eigenvalue weighted by molar-refractivity contribution is 0.306. The molecule has 6 nitrogen and oxygen atoms in total. The molecule has 0 saturated carbocycles. The molecule has 0 saturated heterocycles. The topological polar surface area (TPSA) is 86.0 Å². The molecule has 0 fully saturated rings. The number of pyridine rings is 1. The molecule has 0 unspecified atom stereocenters. The standard InChI is InChI=1S/C26H17ClFN5OS/c27-22-11-19(6-8-23(22)34-14-17-2-1-3-18(28)10-17)33-25-21-12-20(35-26(21)32-15-31-25)7-4-16-5-9-24(29)30-13-16/h1-3,5-6,8-13,15H,14H2,(H2,29,30)(H,31,32,33). The van der Waals surface area contributed by atoms with E-state index < -0.39 is 0 Å². The summed E-state index contributed by atoms with van der Waals surface area (Å²) in [6.45, 7) is 0.210. The van der Waals surface area contributed by atoms with Crippen molar-refractivity contribution >= 4 is 50.5 Å². The van der Waals surface area contributed by atoms with Crippen LogP contribution in [0.15, 0.2) is 73.2 Å². The van der Waals surface area contributed by atoms with Crippen LogP contribution in [0.3, 0.4) is 0 Å². The number of nitrogen functional groups attached to an aromatic ring is 1. The molecule has 2 aromatic carbocycles. The van der Waals surface area contributed by atoms with Crippen molar-refractivity contribution in [1.82, 2.24) is 15.0 Å². The van der Waals surface area contributed by atoms with E-state index in [-0.39, 0.29) is 12.4 Å². The summed E-state index contributed by atoms with van der Waals surface area (Å²) in [7, 11) is 0. The van der Waals surface area contributed by atoms with Crippen LogP contribution >= 0.6 is 22.9 Å². The Labute approximate surface area is 209 Å². The van der Waals surface area contributed by atoms with Gasteiger partial charge < -0.3 is 15.8 Å². The molecule has 9 heteroatoms. The maximum Gasteiger partial charge on any atom is 0.142 e. The average molecular weight is 502 g/mol. The van der Waals surface area contributed by atoms with Crippen molar-refractivity contribution in [2.75, 3.05) is 11.1 Å². The molecule has 0 aliphatic carbocycles. The van der Waals surface area contributed by atoms with Gasteiger partial charge in [-0.1, -0.05) is 35.6 Å². The first-order chi connectivity index (χ1) is 17.0. The smallest absolute Gasteiger partial charge is 0.142 e. The van der Waals surface area contributed by atoms with E-state index in [4.69, 9.17) is 22.1 Å². The van der Waals surface area contributed by atoms with Gasteiger partial charge in [0.05, 0.1) is 15.3 Å². The second-order valence-electron chi connectivity index (χ2n) is 7.46. The molecule has 5 aromatic rings. The number of rotatable bonds is 5. The molecule has 0 atom stereocenters. The molecule has 3 heterocycles. The van der Waals surface area contributed by atoms with Crippen molar-refractivity contribution < 1.29 is 9.13 Å². The monoisotopic (exact) mass is 501 g/mol. The zero-order valence-electron chi connectivity index (χ0n) is 18.1. The Bertz CT molecular complexity index is 1580. The third-order valence-corrected chi connectivity index (χ3v) is 6.18. The first-order valence-electron chi connectivity index (χ1n) is 10.5. The number of halogens is 2. The number of hydrogen-bond acceptors (Lipinski definition) is 7. The van der Waals surface area contributed by atoms with Crippen molar-refractivity contribution in [3.05, 3.63) is 100 Å². The quantitative estimate of drug-likeness (QED) is 0.279. The van der Waals surface area contributed by atoms with Crippen LogP contribution < -0.4 is 15.8 Å². The second kappa shape index (κ2) is 9.97. The summed E-state index contributed by atoms with van der Waals surface area (Å²) in [5.74, 6) is 7.50. The predicted molar refractivity (Wildman–Crippen MR) is 138 cm³/mol. The number of benzene rings is 2. The van der Waals surface area contributed by atoms with E-state index >= 15 is 0 Å². The lowest BCUT2D eigenvalue weighted by Gasteiger charge is -2.11. The number of ether oxygens (including phenoxy) is 1. The number of anilines is 3. The zero-order chi connectivity index (χ0) is 24.2. The van der Waals surface area contributed by atoms with Crippen LogP contribution in [0.25, 0.3) is 10.2 Å². The highest BCUT2D eigenvalue weighted by Gasteiger charge is 2.10. The van der Waals surface area contributed by atoms with Gasteiger partial charge in [0.1, 0.15) is 41.0 Å². The fraction of sp³-hybridized carbons (Fsp3) is 0.0385. The third-order valence-electron chi connectivity index (χ3n) is 4.92. The van der Waals surface area contributed by atoms with Gasteiger partial charge in [0.15, 0.2) is 0 Å². The highest BCUT2D eigenvalue weighted by Crippen LogP contribution is 2.33. The van der Waals surface area contributed by atoms with Gasteiger partial charge >= 0.3 is 0 Å². The number of fused-ring (bicyclic) bond motifs is 1. The first kappa shape index (κ1) is 22.6. The SMILES string of the molecule is Nc1ccc(C#Cc2cc3c(Nc4ccc(OCc5cccc(F)c5)c(Cl)c4)ncnc3s2)cn1. The molecule has 172 valence electrons. The van der Waals surface area contributed by atoms with Crippen LogP contribution in [0.1, 0.15) is 16.0 Å². The zero-order valence-corrected chi connectivity index (χ0v) is 19.7. The number of aromatic nitrogens is 3. The van der Waals surface area contributed by atoms with Crippen molar-refractivity contribution in [2.24, 2.45) is 0 Å². The molecular formula is C26H17ClFN5OS. The molecular weight excluding hydrogens is 485 g/mol. The third kappa shape index (κ3) is 5.49. The van der Waals surface area contributed by atoms with E-state index in [1.807, 2.05) is 18.2 Å². The van der Waals surface area contributed by atoms with Gasteiger partial charge in [0.2, 0.25) is 0 Å². The van der Waals surface area contributed by atoms with Gasteiger partial charge in [-0.3, -0.25) is 0 Å². The number of thiophene rings is 1. The Morgan fingerprint density at radius 2 is 1.94 bits per heavy atom. The minimum atomic E-state index is -0.308. The minimum absolute atomic E-state index is 0.210. The number of hydrogen-bond donors (Lipinski definition) is 2. The van der Waals surface area contributed by atoms with Gasteiger partial charge in [-0.25, -0.2) is 19.3 Å². The summed E-state index contributed by atoms with van der Waals surface area (Å²) in [5.41, 5.74) is 7.85. The van der Waals surface area contributed by atoms with Crippen LogP contribution in [0.4, 0.5) is 21.7 Å². The van der Waals surface area contributed by atoms with E-state index in [1.165, 1.54) is 29.8 Å². The molecule has 0 amide bonds. The maximum atomic E-state index is 13.4. The summed E-state index contributed by atoms with van der Waals surface area (Å²) >= 11 is 7.90. The summed E-state index contributed by atoms with van der Waals surface area (Å²) < 4.78 is 19.1. The maximum absolute atomic E-state index is 13.4. The van der Waals surface area contributed by atoms with Gasteiger partial charge in [-0.2, -0.15) is 0 Å².